The third-order valence-corrected chi connectivity index (χ3v) is 3.99. The number of aromatic nitrogens is 1. The number of pyridine rings is 1. The van der Waals surface area contributed by atoms with Gasteiger partial charge in [0.1, 0.15) is 5.82 Å². The van der Waals surface area contributed by atoms with Gasteiger partial charge in [-0.2, -0.15) is 13.2 Å². The number of hydrogen-bond acceptors (Lipinski definition) is 3. The van der Waals surface area contributed by atoms with E-state index in [1.54, 1.807) is 0 Å². The summed E-state index contributed by atoms with van der Waals surface area (Å²) in [6.07, 6.45) is -0.432. The number of aliphatic imine (C=N–C) groups is 1. The number of anilines is 1. The van der Waals surface area contributed by atoms with Crippen LogP contribution in [0.5, 0.6) is 0 Å². The van der Waals surface area contributed by atoms with E-state index in [9.17, 15) is 13.2 Å². The van der Waals surface area contributed by atoms with E-state index in [1.807, 2.05) is 0 Å². The highest BCUT2D eigenvalue weighted by Gasteiger charge is 2.30. The van der Waals surface area contributed by atoms with Gasteiger partial charge in [0.15, 0.2) is 5.96 Å². The molecule has 0 spiro atoms. The normalized spacial score (nSPS) is 19.4. The highest BCUT2D eigenvalue weighted by Crippen LogP contribution is 2.28. The third kappa shape index (κ3) is 5.58. The molecule has 0 aromatic carbocycles. The van der Waals surface area contributed by atoms with Gasteiger partial charge >= 0.3 is 6.18 Å². The van der Waals surface area contributed by atoms with E-state index in [1.165, 1.54) is 12.5 Å². The molecule has 1 aliphatic rings. The molecule has 1 aliphatic heterocycles. The van der Waals surface area contributed by atoms with E-state index in [2.05, 4.69) is 27.1 Å². The summed E-state index contributed by atoms with van der Waals surface area (Å²) >= 11 is 0. The number of halogens is 3. The zero-order valence-electron chi connectivity index (χ0n) is 13.8. The van der Waals surface area contributed by atoms with Crippen LogP contribution in [0, 0.1) is 5.92 Å². The molecule has 2 heterocycles. The molecule has 5 nitrogen and oxygen atoms in total. The first kappa shape index (κ1) is 18.4. The summed E-state index contributed by atoms with van der Waals surface area (Å²) in [5.74, 6) is 1.64. The molecule has 2 rings (SSSR count). The first-order valence-corrected chi connectivity index (χ1v) is 8.18. The van der Waals surface area contributed by atoms with Gasteiger partial charge in [0, 0.05) is 32.4 Å². The van der Waals surface area contributed by atoms with Crippen LogP contribution in [0.1, 0.15) is 31.7 Å². The van der Waals surface area contributed by atoms with E-state index < -0.39 is 11.7 Å². The molecular formula is C16H24F3N5. The van der Waals surface area contributed by atoms with Gasteiger partial charge in [-0.15, -0.1) is 0 Å². The van der Waals surface area contributed by atoms with Crippen LogP contribution in [-0.2, 0) is 6.18 Å². The number of hydrogen-bond donors (Lipinski definition) is 2. The van der Waals surface area contributed by atoms with Crippen molar-refractivity contribution >= 4 is 11.8 Å². The molecular weight excluding hydrogens is 319 g/mol. The first-order chi connectivity index (χ1) is 11.4. The maximum Gasteiger partial charge on any atom is 0.417 e. The largest absolute Gasteiger partial charge is 0.417 e. The molecule has 3 N–H and O–H groups in total. The van der Waals surface area contributed by atoms with Crippen molar-refractivity contribution in [2.75, 3.05) is 31.5 Å². The quantitative estimate of drug-likeness (QED) is 0.490. The number of guanidine groups is 1. The minimum absolute atomic E-state index is 0.421. The zero-order valence-corrected chi connectivity index (χ0v) is 13.8. The Morgan fingerprint density at radius 3 is 2.88 bits per heavy atom. The van der Waals surface area contributed by atoms with Gasteiger partial charge in [0.05, 0.1) is 5.56 Å². The maximum absolute atomic E-state index is 12.4. The van der Waals surface area contributed by atoms with Gasteiger partial charge in [-0.1, -0.05) is 6.92 Å². The second kappa shape index (κ2) is 8.21. The Balaban J connectivity index is 1.70. The molecule has 134 valence electrons. The molecule has 1 atom stereocenters. The van der Waals surface area contributed by atoms with Crippen molar-refractivity contribution in [2.24, 2.45) is 16.6 Å². The number of likely N-dealkylation sites (tertiary alicyclic amines) is 1. The molecule has 1 unspecified atom stereocenters. The smallest absolute Gasteiger partial charge is 0.370 e. The number of nitrogens with zero attached hydrogens (tertiary/aromatic N) is 3. The van der Waals surface area contributed by atoms with Crippen LogP contribution in [-0.4, -0.2) is 42.0 Å². The summed E-state index contributed by atoms with van der Waals surface area (Å²) in [6, 6.07) is 2.35. The Morgan fingerprint density at radius 2 is 2.25 bits per heavy atom. The van der Waals surface area contributed by atoms with Crippen LogP contribution in [0.15, 0.2) is 23.3 Å². The van der Waals surface area contributed by atoms with Gasteiger partial charge in [0.25, 0.3) is 0 Å². The molecule has 0 bridgehead atoms. The molecule has 1 saturated heterocycles. The summed E-state index contributed by atoms with van der Waals surface area (Å²) in [7, 11) is 0. The average molecular weight is 343 g/mol. The fourth-order valence-electron chi connectivity index (χ4n) is 2.65. The van der Waals surface area contributed by atoms with Gasteiger partial charge in [-0.05, 0) is 37.3 Å². The Bertz CT molecular complexity index is 542. The Kier molecular flexibility index (Phi) is 6.28. The second-order valence-electron chi connectivity index (χ2n) is 6.14. The van der Waals surface area contributed by atoms with E-state index in [-0.39, 0.29) is 0 Å². The van der Waals surface area contributed by atoms with Crippen molar-refractivity contribution in [1.82, 2.24) is 9.88 Å². The summed E-state index contributed by atoms with van der Waals surface area (Å²) in [5.41, 5.74) is 5.25. The topological polar surface area (TPSA) is 66.5 Å². The lowest BCUT2D eigenvalue weighted by Crippen LogP contribution is -2.43. The van der Waals surface area contributed by atoms with Crippen molar-refractivity contribution in [2.45, 2.75) is 32.4 Å². The predicted octanol–water partition coefficient (Wildman–Crippen LogP) is 2.95. The van der Waals surface area contributed by atoms with Crippen molar-refractivity contribution < 1.29 is 13.2 Å². The average Bonchev–Trinajstić information content (AvgIpc) is 2.54. The van der Waals surface area contributed by atoms with Crippen LogP contribution in [0.4, 0.5) is 19.0 Å². The van der Waals surface area contributed by atoms with E-state index in [4.69, 9.17) is 5.73 Å². The monoisotopic (exact) mass is 343 g/mol. The first-order valence-electron chi connectivity index (χ1n) is 8.18. The van der Waals surface area contributed by atoms with Gasteiger partial charge in [0.2, 0.25) is 0 Å². The molecule has 0 saturated carbocycles. The second-order valence-corrected chi connectivity index (χ2v) is 6.14. The summed E-state index contributed by atoms with van der Waals surface area (Å²) < 4.78 is 37.3. The Hall–Kier alpha value is -1.99. The van der Waals surface area contributed by atoms with E-state index in [0.717, 1.165) is 38.2 Å². The zero-order chi connectivity index (χ0) is 17.6. The van der Waals surface area contributed by atoms with Crippen LogP contribution >= 0.6 is 0 Å². The summed E-state index contributed by atoms with van der Waals surface area (Å²) in [4.78, 5) is 10.2. The van der Waals surface area contributed by atoms with Gasteiger partial charge in [-0.3, -0.25) is 4.99 Å². The van der Waals surface area contributed by atoms with E-state index >= 15 is 0 Å². The van der Waals surface area contributed by atoms with Crippen LogP contribution in [0.3, 0.4) is 0 Å². The lowest BCUT2D eigenvalue weighted by atomic mass is 10.0. The van der Waals surface area contributed by atoms with Crippen molar-refractivity contribution in [1.29, 1.82) is 0 Å². The highest BCUT2D eigenvalue weighted by atomic mass is 19.4. The predicted molar refractivity (Wildman–Crippen MR) is 88.8 cm³/mol. The van der Waals surface area contributed by atoms with Crippen molar-refractivity contribution in [3.05, 3.63) is 23.9 Å². The molecule has 1 fully saturated rings. The molecule has 0 radical (unpaired) electrons. The molecule has 24 heavy (non-hydrogen) atoms. The minimum atomic E-state index is -4.36. The fourth-order valence-corrected chi connectivity index (χ4v) is 2.65. The van der Waals surface area contributed by atoms with E-state index in [0.29, 0.717) is 30.8 Å². The highest BCUT2D eigenvalue weighted by molar-refractivity contribution is 5.78. The lowest BCUT2D eigenvalue weighted by Gasteiger charge is -2.31. The standard InChI is InChI=1S/C16H24F3N5/c1-12-4-2-9-24(11-12)15(20)22-8-3-7-21-14-6-5-13(10-23-14)16(17,18)19/h5-6,10,12H,2-4,7-9,11H2,1H3,(H2,20,22)(H,21,23). The molecule has 8 heteroatoms. The number of piperidine rings is 1. The molecule has 1 aromatic rings. The number of rotatable bonds is 5. The van der Waals surface area contributed by atoms with Crippen molar-refractivity contribution in [3.8, 4) is 0 Å². The number of nitrogens with one attached hydrogen (secondary N) is 1. The van der Waals surface area contributed by atoms with Gasteiger partial charge < -0.3 is 16.0 Å². The molecule has 0 amide bonds. The number of alkyl halides is 3. The SMILES string of the molecule is CC1CCCN(C(N)=NCCCNc2ccc(C(F)(F)F)cn2)C1. The van der Waals surface area contributed by atoms with Crippen molar-refractivity contribution in [3.63, 3.8) is 0 Å². The summed E-state index contributed by atoms with van der Waals surface area (Å²) in [6.45, 7) is 5.26. The molecule has 0 aliphatic carbocycles. The van der Waals surface area contributed by atoms with Crippen LogP contribution in [0.2, 0.25) is 0 Å². The Morgan fingerprint density at radius 1 is 1.46 bits per heavy atom. The Labute approximate surface area is 140 Å². The number of nitrogens with two attached hydrogens (primary N) is 1. The fraction of sp³-hybridized carbons (Fsp3) is 0.625. The summed E-state index contributed by atoms with van der Waals surface area (Å²) in [5, 5.41) is 2.98. The maximum atomic E-state index is 12.4. The van der Waals surface area contributed by atoms with Gasteiger partial charge in [-0.25, -0.2) is 4.98 Å². The molecule has 1 aromatic heterocycles. The lowest BCUT2D eigenvalue weighted by molar-refractivity contribution is -0.137. The minimum Gasteiger partial charge on any atom is -0.370 e. The van der Waals surface area contributed by atoms with Crippen LogP contribution in [0.25, 0.3) is 0 Å². The van der Waals surface area contributed by atoms with Crippen LogP contribution < -0.4 is 11.1 Å². The third-order valence-electron chi connectivity index (χ3n) is 3.99.